The van der Waals surface area contributed by atoms with E-state index in [1.165, 1.54) is 0 Å². The van der Waals surface area contributed by atoms with Crippen LogP contribution in [-0.2, 0) is 5.48 Å². The van der Waals surface area contributed by atoms with Crippen LogP contribution in [0.15, 0.2) is 0 Å². The summed E-state index contributed by atoms with van der Waals surface area (Å²) in [4.78, 5) is 1.10. The maximum absolute atomic E-state index is 8.54. The van der Waals surface area contributed by atoms with Gasteiger partial charge in [0.2, 0.25) is 0 Å². The van der Waals surface area contributed by atoms with Crippen molar-refractivity contribution in [3.8, 4) is 0 Å². The fraction of sp³-hybridized carbons (Fsp3) is 1.00. The van der Waals surface area contributed by atoms with E-state index in [1.54, 1.807) is 0 Å². The van der Waals surface area contributed by atoms with Gasteiger partial charge in [-0.25, -0.2) is 0 Å². The van der Waals surface area contributed by atoms with Crippen molar-refractivity contribution in [2.24, 2.45) is 0 Å². The van der Waals surface area contributed by atoms with E-state index in [2.05, 4.69) is 0 Å². The first-order chi connectivity index (χ1) is 5.91. The van der Waals surface area contributed by atoms with E-state index in [9.17, 15) is 0 Å². The van der Waals surface area contributed by atoms with Crippen molar-refractivity contribution < 1.29 is 250 Å². The molecular formula is C6H24Eu4NO10+. The molecule has 0 unspecified atom stereocenters. The third-order valence-electron chi connectivity index (χ3n) is 1.26. The number of hydrogen-bond donors (Lipinski definition) is 6. The normalized spacial score (nSPS) is 7.71. The Bertz CT molecular complexity index is 123. The molecular weight excluding hydrogens is 854 g/mol. The smallest absolute Gasteiger partial charge is 0.164 e. The Labute approximate surface area is 285 Å². The van der Waals surface area contributed by atoms with Crippen molar-refractivity contribution in [3.63, 3.8) is 0 Å². The van der Waals surface area contributed by atoms with Gasteiger partial charge in [-0.15, -0.1) is 0 Å². The molecule has 0 aromatic carbocycles. The van der Waals surface area contributed by atoms with Crippen LogP contribution in [-0.4, -0.2) is 90.5 Å². The van der Waals surface area contributed by atoms with E-state index >= 15 is 0 Å². The Morgan fingerprint density at radius 1 is 0.524 bits per heavy atom. The Hall–Kier alpha value is 5.90. The molecule has 21 heavy (non-hydrogen) atoms. The van der Waals surface area contributed by atoms with Crippen molar-refractivity contribution in [1.29, 1.82) is 0 Å². The monoisotopic (exact) mass is 882 g/mol. The number of nitrogens with zero attached hydrogens (tertiary/aromatic N) is 1. The minimum Gasteiger partial charge on any atom is -0.457 e. The van der Waals surface area contributed by atoms with Crippen LogP contribution < -0.4 is 0 Å². The van der Waals surface area contributed by atoms with Crippen molar-refractivity contribution in [2.45, 2.75) is 18.9 Å². The van der Waals surface area contributed by atoms with Gasteiger partial charge in [0.1, 0.15) is 0 Å². The van der Waals surface area contributed by atoms with Crippen LogP contribution in [0.4, 0.5) is 0 Å². The van der Waals surface area contributed by atoms with Crippen molar-refractivity contribution in [1.82, 2.24) is 4.90 Å². The molecule has 140 valence electrons. The van der Waals surface area contributed by atoms with E-state index in [4.69, 9.17) is 30.6 Å². The standard InChI is InChI=1S/C6H15NO6.4Eu.4H2O/c8-4(9)1-7(2-5(10)11)3-6(12)13;;;;;;;;/h4-6,8-13H,1-3H2;;;;;4*1H2/p+1. The van der Waals surface area contributed by atoms with Gasteiger partial charge in [0.05, 0.1) is 0 Å². The van der Waals surface area contributed by atoms with Crippen LogP contribution in [0.1, 0.15) is 0 Å². The van der Waals surface area contributed by atoms with Gasteiger partial charge < -0.3 is 52.5 Å². The Morgan fingerprint density at radius 2 is 0.667 bits per heavy atom. The summed E-state index contributed by atoms with van der Waals surface area (Å²) in [5, 5.41) is 51.2. The van der Waals surface area contributed by atoms with Gasteiger partial charge in [0.25, 0.3) is 0 Å². The van der Waals surface area contributed by atoms with Crippen LogP contribution in [0.3, 0.4) is 0 Å². The van der Waals surface area contributed by atoms with E-state index in [-0.39, 0.29) is 239 Å². The summed E-state index contributed by atoms with van der Waals surface area (Å²) in [7, 11) is 0. The fourth-order valence-corrected chi connectivity index (χ4v) is 0.916. The molecule has 0 aliphatic rings. The number of hydrogen-bond acceptors (Lipinski definition) is 7. The molecule has 15 heteroatoms. The molecule has 0 amide bonds. The number of rotatable bonds is 6. The minimum atomic E-state index is -1.66. The molecule has 4 radical (unpaired) electrons. The summed E-state index contributed by atoms with van der Waals surface area (Å²) in [6, 6.07) is 0. The average Bonchev–Trinajstić information content (AvgIpc) is 1.80. The predicted octanol–water partition coefficient (Wildman–Crippen LogP) is -7.18. The van der Waals surface area contributed by atoms with Crippen LogP contribution in [0, 0.1) is 198 Å². The molecule has 0 bridgehead atoms. The van der Waals surface area contributed by atoms with Gasteiger partial charge in [0.15, 0.2) is 18.9 Å². The second-order valence-electron chi connectivity index (χ2n) is 2.66. The van der Waals surface area contributed by atoms with Crippen LogP contribution in [0.2, 0.25) is 0 Å². The topological polar surface area (TPSA) is 252 Å². The summed E-state index contributed by atoms with van der Waals surface area (Å²) < 4.78 is 0. The Kier molecular flexibility index (Phi) is 98.6. The zero-order valence-electron chi connectivity index (χ0n) is 10.6. The summed E-state index contributed by atoms with van der Waals surface area (Å²) in [5.74, 6) is 0. The zero-order valence-corrected chi connectivity index (χ0v) is 20.3. The molecule has 0 aliphatic carbocycles. The van der Waals surface area contributed by atoms with E-state index in [0.717, 1.165) is 4.90 Å². The third kappa shape index (κ3) is 46.2. The van der Waals surface area contributed by atoms with Crippen molar-refractivity contribution in [2.75, 3.05) is 19.6 Å². The Balaban J connectivity index is -0.0000000257. The first kappa shape index (κ1) is 56.3. The molecule has 11 nitrogen and oxygen atoms in total. The minimum absolute atomic E-state index is 0. The summed E-state index contributed by atoms with van der Waals surface area (Å²) >= 11 is 0. The Morgan fingerprint density at radius 3 is 0.762 bits per heavy atom. The van der Waals surface area contributed by atoms with E-state index < -0.39 is 18.9 Å². The second kappa shape index (κ2) is 36.8. The predicted molar refractivity (Wildman–Crippen MR) is 56.8 cm³/mol. The molecule has 0 fully saturated rings. The van der Waals surface area contributed by atoms with Crippen LogP contribution in [0.5, 0.6) is 0 Å². The van der Waals surface area contributed by atoms with Crippen LogP contribution in [0.25, 0.3) is 0 Å². The summed E-state index contributed by atoms with van der Waals surface area (Å²) in [6.07, 6.45) is -4.97. The maximum Gasteiger partial charge on any atom is 0.164 e. The first-order valence-corrected chi connectivity index (χ1v) is 3.72. The molecule has 0 saturated carbocycles. The maximum atomic E-state index is 8.54. The molecule has 0 saturated heterocycles. The molecule has 0 heterocycles. The molecule has 0 aromatic rings. The molecule has 0 atom stereocenters. The molecule has 0 aliphatic heterocycles. The average molecular weight is 878 g/mol. The summed E-state index contributed by atoms with van der Waals surface area (Å²) in [5.41, 5.74) is 0. The molecule has 0 spiro atoms. The molecule has 0 aromatic heterocycles. The fourth-order valence-electron chi connectivity index (χ4n) is 0.916. The first-order valence-electron chi connectivity index (χ1n) is 3.72. The summed E-state index contributed by atoms with van der Waals surface area (Å²) in [6.45, 7) is -0.847. The van der Waals surface area contributed by atoms with Crippen molar-refractivity contribution >= 4 is 0 Å². The third-order valence-corrected chi connectivity index (χ3v) is 1.26. The van der Waals surface area contributed by atoms with Gasteiger partial charge >= 0.3 is 0 Å². The van der Waals surface area contributed by atoms with E-state index in [0.29, 0.717) is 0 Å². The van der Waals surface area contributed by atoms with Gasteiger partial charge in [-0.3, -0.25) is 4.90 Å². The van der Waals surface area contributed by atoms with Gasteiger partial charge in [-0.05, 0) is 0 Å². The van der Waals surface area contributed by atoms with E-state index in [1.807, 2.05) is 0 Å². The van der Waals surface area contributed by atoms with Crippen molar-refractivity contribution in [3.05, 3.63) is 0 Å². The zero-order chi connectivity index (χ0) is 10.4. The molecule has 0 rings (SSSR count). The largest absolute Gasteiger partial charge is 0.457 e. The molecule has 15 N–H and O–H groups in total. The van der Waals surface area contributed by atoms with Gasteiger partial charge in [-0.2, -0.15) is 0 Å². The van der Waals surface area contributed by atoms with Gasteiger partial charge in [0, 0.05) is 217 Å². The van der Waals surface area contributed by atoms with Gasteiger partial charge in [-0.1, -0.05) is 0 Å². The number of aliphatic hydroxyl groups is 6. The number of aliphatic hydroxyl groups excluding tert-OH is 3. The SMILES string of the molecule is O.O.O.OC(O)CN(CC(O)O)CC(O)O.[Eu].[Eu].[Eu].[Eu].[OH3+]. The second-order valence-corrected chi connectivity index (χ2v) is 2.66. The van der Waals surface area contributed by atoms with Crippen LogP contribution >= 0.6 is 0 Å². The quantitative estimate of drug-likeness (QED) is 0.111.